The Balaban J connectivity index is 1.45. The van der Waals surface area contributed by atoms with E-state index in [0.717, 1.165) is 29.8 Å². The van der Waals surface area contributed by atoms with Crippen LogP contribution in [0.25, 0.3) is 16.7 Å². The number of β-amino-alcohol motifs (C(OH)–C–C–N with tert-alkyl or cyclic N) is 1. The standard InChI is InChI=1S/C25H25Cl2N7O2/c1-25(2,36)13-33-9-8-14-6-7-16(10-15(14)12-33)30-23-29-11-17-21(28)34(24(35)32-22(17)31-23)20-18(26)4-3-5-19(20)27/h3-7,10-11,28,36H,8-9,12-13H2,1-2H3,(H2,29,30,31,32,35). The van der Waals surface area contributed by atoms with Crippen molar-refractivity contribution in [2.45, 2.75) is 32.4 Å². The number of benzene rings is 2. The zero-order valence-electron chi connectivity index (χ0n) is 19.8. The van der Waals surface area contributed by atoms with Gasteiger partial charge in [0, 0.05) is 31.5 Å². The van der Waals surface area contributed by atoms with Crippen LogP contribution in [0.15, 0.2) is 47.4 Å². The summed E-state index contributed by atoms with van der Waals surface area (Å²) < 4.78 is 1.10. The molecule has 0 bridgehead atoms. The zero-order valence-corrected chi connectivity index (χ0v) is 21.3. The number of hydrogen-bond donors (Lipinski definition) is 4. The second-order valence-corrected chi connectivity index (χ2v) is 10.3. The third-order valence-electron chi connectivity index (χ3n) is 6.02. The van der Waals surface area contributed by atoms with Crippen molar-refractivity contribution in [3.05, 3.63) is 79.7 Å². The summed E-state index contributed by atoms with van der Waals surface area (Å²) >= 11 is 12.5. The number of aromatic nitrogens is 4. The Morgan fingerprint density at radius 1 is 1.19 bits per heavy atom. The predicted molar refractivity (Wildman–Crippen MR) is 140 cm³/mol. The van der Waals surface area contributed by atoms with Crippen molar-refractivity contribution >= 4 is 45.9 Å². The fourth-order valence-electron chi connectivity index (χ4n) is 4.51. The van der Waals surface area contributed by atoms with Gasteiger partial charge in [-0.25, -0.2) is 14.3 Å². The summed E-state index contributed by atoms with van der Waals surface area (Å²) in [5.74, 6) is 0.287. The van der Waals surface area contributed by atoms with E-state index in [1.54, 1.807) is 18.2 Å². The number of anilines is 2. The SMILES string of the molecule is CC(C)(O)CN1CCc2ccc(Nc3ncc4c(=N)n(-c5c(Cl)cccc5Cl)c(=O)[nH]c4n3)cc2C1. The Labute approximate surface area is 216 Å². The molecule has 186 valence electrons. The van der Waals surface area contributed by atoms with E-state index in [-0.39, 0.29) is 32.8 Å². The molecule has 5 rings (SSSR count). The molecule has 0 aliphatic carbocycles. The molecule has 11 heteroatoms. The summed E-state index contributed by atoms with van der Waals surface area (Å²) in [6.45, 7) is 5.87. The molecule has 0 radical (unpaired) electrons. The molecule has 0 unspecified atom stereocenters. The molecule has 0 saturated carbocycles. The van der Waals surface area contributed by atoms with Gasteiger partial charge in [0.15, 0.2) is 5.65 Å². The van der Waals surface area contributed by atoms with Gasteiger partial charge in [-0.15, -0.1) is 0 Å². The number of aromatic amines is 1. The third-order valence-corrected chi connectivity index (χ3v) is 6.63. The molecule has 0 saturated heterocycles. The van der Waals surface area contributed by atoms with E-state index in [2.05, 4.69) is 37.3 Å². The van der Waals surface area contributed by atoms with Gasteiger partial charge < -0.3 is 10.4 Å². The summed E-state index contributed by atoms with van der Waals surface area (Å²) in [5, 5.41) is 22.8. The van der Waals surface area contributed by atoms with Gasteiger partial charge in [0.05, 0.1) is 26.7 Å². The minimum atomic E-state index is -0.755. The molecule has 2 aromatic heterocycles. The number of rotatable bonds is 5. The van der Waals surface area contributed by atoms with Crippen LogP contribution in [0.4, 0.5) is 11.6 Å². The van der Waals surface area contributed by atoms with Gasteiger partial charge in [-0.2, -0.15) is 4.98 Å². The second kappa shape index (κ2) is 9.33. The molecule has 3 heterocycles. The zero-order chi connectivity index (χ0) is 25.6. The Morgan fingerprint density at radius 2 is 1.94 bits per heavy atom. The minimum Gasteiger partial charge on any atom is -0.389 e. The van der Waals surface area contributed by atoms with Crippen LogP contribution >= 0.6 is 23.2 Å². The monoisotopic (exact) mass is 525 g/mol. The fourth-order valence-corrected chi connectivity index (χ4v) is 5.08. The van der Waals surface area contributed by atoms with E-state index in [9.17, 15) is 9.90 Å². The highest BCUT2D eigenvalue weighted by Gasteiger charge is 2.23. The average molecular weight is 526 g/mol. The molecule has 2 aromatic carbocycles. The first kappa shape index (κ1) is 24.5. The second-order valence-electron chi connectivity index (χ2n) is 9.52. The van der Waals surface area contributed by atoms with E-state index in [0.29, 0.717) is 11.9 Å². The molecular weight excluding hydrogens is 501 g/mol. The molecule has 1 aliphatic rings. The van der Waals surface area contributed by atoms with Gasteiger partial charge in [-0.1, -0.05) is 35.3 Å². The summed E-state index contributed by atoms with van der Waals surface area (Å²) in [5.41, 5.74) is 2.23. The largest absolute Gasteiger partial charge is 0.389 e. The van der Waals surface area contributed by atoms with Crippen LogP contribution in [0.1, 0.15) is 25.0 Å². The van der Waals surface area contributed by atoms with Crippen LogP contribution < -0.4 is 16.5 Å². The Morgan fingerprint density at radius 3 is 2.67 bits per heavy atom. The maximum Gasteiger partial charge on any atom is 0.333 e. The van der Waals surface area contributed by atoms with Crippen molar-refractivity contribution in [2.24, 2.45) is 0 Å². The molecule has 4 N–H and O–H groups in total. The van der Waals surface area contributed by atoms with Crippen molar-refractivity contribution in [3.8, 4) is 5.69 Å². The van der Waals surface area contributed by atoms with Crippen molar-refractivity contribution in [2.75, 3.05) is 18.4 Å². The first-order valence-electron chi connectivity index (χ1n) is 11.4. The number of halogens is 2. The Bertz CT molecular complexity index is 1570. The van der Waals surface area contributed by atoms with Crippen LogP contribution in [0, 0.1) is 5.41 Å². The highest BCUT2D eigenvalue weighted by atomic mass is 35.5. The van der Waals surface area contributed by atoms with E-state index in [1.165, 1.54) is 17.3 Å². The summed E-state index contributed by atoms with van der Waals surface area (Å²) in [6, 6.07) is 11.0. The molecule has 0 atom stereocenters. The lowest BCUT2D eigenvalue weighted by molar-refractivity contribution is 0.0318. The number of para-hydroxylation sites is 1. The van der Waals surface area contributed by atoms with Crippen LogP contribution in [-0.4, -0.2) is 48.2 Å². The van der Waals surface area contributed by atoms with E-state index < -0.39 is 11.3 Å². The molecule has 4 aromatic rings. The lowest BCUT2D eigenvalue weighted by atomic mass is 9.97. The molecule has 1 aliphatic heterocycles. The average Bonchev–Trinajstić information content (AvgIpc) is 2.79. The van der Waals surface area contributed by atoms with Crippen LogP contribution in [0.2, 0.25) is 10.0 Å². The highest BCUT2D eigenvalue weighted by molar-refractivity contribution is 6.37. The first-order valence-corrected chi connectivity index (χ1v) is 12.2. The minimum absolute atomic E-state index is 0.129. The smallest absolute Gasteiger partial charge is 0.333 e. The van der Waals surface area contributed by atoms with Gasteiger partial charge in [0.25, 0.3) is 0 Å². The number of H-pyrrole nitrogens is 1. The molecule has 0 fully saturated rings. The van der Waals surface area contributed by atoms with E-state index in [1.807, 2.05) is 19.9 Å². The first-order chi connectivity index (χ1) is 17.1. The molecule has 0 spiro atoms. The van der Waals surface area contributed by atoms with Crippen molar-refractivity contribution in [3.63, 3.8) is 0 Å². The van der Waals surface area contributed by atoms with Gasteiger partial charge in [0.2, 0.25) is 5.95 Å². The van der Waals surface area contributed by atoms with Gasteiger partial charge in [-0.3, -0.25) is 15.3 Å². The van der Waals surface area contributed by atoms with Crippen molar-refractivity contribution in [1.82, 2.24) is 24.4 Å². The summed E-state index contributed by atoms with van der Waals surface area (Å²) in [4.78, 5) is 26.6. The number of nitrogens with zero attached hydrogens (tertiary/aromatic N) is 4. The predicted octanol–water partition coefficient (Wildman–Crippen LogP) is 3.77. The molecule has 36 heavy (non-hydrogen) atoms. The molecule has 0 amide bonds. The summed E-state index contributed by atoms with van der Waals surface area (Å²) in [7, 11) is 0. The topological polar surface area (TPSA) is 123 Å². The number of hydrogen-bond acceptors (Lipinski definition) is 7. The number of fused-ring (bicyclic) bond motifs is 2. The fraction of sp³-hybridized carbons (Fsp3) is 0.280. The lowest BCUT2D eigenvalue weighted by Crippen LogP contribution is -2.41. The van der Waals surface area contributed by atoms with Gasteiger partial charge in [-0.05, 0) is 55.7 Å². The van der Waals surface area contributed by atoms with Crippen molar-refractivity contribution < 1.29 is 5.11 Å². The van der Waals surface area contributed by atoms with Gasteiger partial charge >= 0.3 is 5.69 Å². The molecular formula is C25H25Cl2N7O2. The van der Waals surface area contributed by atoms with E-state index in [4.69, 9.17) is 28.6 Å². The van der Waals surface area contributed by atoms with E-state index >= 15 is 0 Å². The maximum absolute atomic E-state index is 12.9. The highest BCUT2D eigenvalue weighted by Crippen LogP contribution is 2.27. The van der Waals surface area contributed by atoms with Crippen LogP contribution in [-0.2, 0) is 13.0 Å². The van der Waals surface area contributed by atoms with Crippen molar-refractivity contribution in [1.29, 1.82) is 5.41 Å². The number of nitrogens with one attached hydrogen (secondary N) is 3. The maximum atomic E-state index is 12.9. The van der Waals surface area contributed by atoms with Crippen LogP contribution in [0.5, 0.6) is 0 Å². The quantitative estimate of drug-likeness (QED) is 0.314. The third kappa shape index (κ3) is 4.87. The normalized spacial score (nSPS) is 14.1. The Kier molecular flexibility index (Phi) is 6.34. The Hall–Kier alpha value is -3.24. The van der Waals surface area contributed by atoms with Gasteiger partial charge in [0.1, 0.15) is 5.49 Å². The van der Waals surface area contributed by atoms with Crippen LogP contribution in [0.3, 0.4) is 0 Å². The lowest BCUT2D eigenvalue weighted by Gasteiger charge is -2.33. The summed E-state index contributed by atoms with van der Waals surface area (Å²) in [6.07, 6.45) is 2.40. The number of aliphatic hydroxyl groups is 1. The molecule has 9 nitrogen and oxygen atoms in total.